The quantitative estimate of drug-likeness (QED) is 0.819. The standard InChI is InChI=1S/C17H29NO4/c1-13-6-2-3-8-15(13)22-12-16(19)18-11-5-4-7-14(18)9-10-17(20)21/h13-15H,2-12H2,1H3,(H,20,21). The molecule has 126 valence electrons. The second kappa shape index (κ2) is 8.51. The van der Waals surface area contributed by atoms with Gasteiger partial charge in [0, 0.05) is 19.0 Å². The molecule has 0 aromatic carbocycles. The van der Waals surface area contributed by atoms with Gasteiger partial charge in [-0.05, 0) is 44.4 Å². The van der Waals surface area contributed by atoms with Crippen LogP contribution in [0.3, 0.4) is 0 Å². The minimum absolute atomic E-state index is 0.0351. The summed E-state index contributed by atoms with van der Waals surface area (Å²) in [4.78, 5) is 25.1. The summed E-state index contributed by atoms with van der Waals surface area (Å²) in [7, 11) is 0. The summed E-state index contributed by atoms with van der Waals surface area (Å²) in [6.07, 6.45) is 8.59. The molecule has 0 bridgehead atoms. The molecule has 1 N–H and O–H groups in total. The highest BCUT2D eigenvalue weighted by Crippen LogP contribution is 2.27. The van der Waals surface area contributed by atoms with E-state index in [1.54, 1.807) is 0 Å². The molecular formula is C17H29NO4. The molecule has 0 aromatic heterocycles. The molecule has 5 heteroatoms. The molecule has 0 radical (unpaired) electrons. The lowest BCUT2D eigenvalue weighted by Gasteiger charge is -2.36. The van der Waals surface area contributed by atoms with Crippen LogP contribution in [0.25, 0.3) is 0 Å². The third-order valence-corrected chi connectivity index (χ3v) is 5.09. The fraction of sp³-hybridized carbons (Fsp3) is 0.882. The minimum atomic E-state index is -0.787. The lowest BCUT2D eigenvalue weighted by molar-refractivity contribution is -0.145. The second-order valence-electron chi connectivity index (χ2n) is 6.78. The lowest BCUT2D eigenvalue weighted by Crippen LogP contribution is -2.46. The van der Waals surface area contributed by atoms with Gasteiger partial charge in [-0.2, -0.15) is 0 Å². The number of likely N-dealkylation sites (tertiary alicyclic amines) is 1. The van der Waals surface area contributed by atoms with Crippen molar-refractivity contribution < 1.29 is 19.4 Å². The molecule has 3 unspecified atom stereocenters. The first-order chi connectivity index (χ1) is 10.6. The third kappa shape index (κ3) is 4.97. The number of piperidine rings is 1. The molecule has 1 aliphatic heterocycles. The van der Waals surface area contributed by atoms with Crippen LogP contribution in [0.2, 0.25) is 0 Å². The second-order valence-corrected chi connectivity index (χ2v) is 6.78. The van der Waals surface area contributed by atoms with Crippen LogP contribution in [-0.4, -0.2) is 47.2 Å². The average molecular weight is 311 g/mol. The van der Waals surface area contributed by atoms with E-state index in [0.29, 0.717) is 12.3 Å². The molecule has 0 spiro atoms. The van der Waals surface area contributed by atoms with Gasteiger partial charge in [-0.3, -0.25) is 9.59 Å². The lowest BCUT2D eigenvalue weighted by atomic mass is 9.88. The van der Waals surface area contributed by atoms with Gasteiger partial charge in [0.2, 0.25) is 5.91 Å². The van der Waals surface area contributed by atoms with Gasteiger partial charge >= 0.3 is 5.97 Å². The molecule has 1 heterocycles. The Morgan fingerprint density at radius 3 is 2.59 bits per heavy atom. The molecule has 2 rings (SSSR count). The van der Waals surface area contributed by atoms with Crippen molar-refractivity contribution in [3.8, 4) is 0 Å². The summed E-state index contributed by atoms with van der Waals surface area (Å²) < 4.78 is 5.88. The van der Waals surface area contributed by atoms with Gasteiger partial charge in [0.05, 0.1) is 6.10 Å². The van der Waals surface area contributed by atoms with Gasteiger partial charge in [-0.15, -0.1) is 0 Å². The zero-order chi connectivity index (χ0) is 15.9. The van der Waals surface area contributed by atoms with E-state index in [9.17, 15) is 9.59 Å². The number of ether oxygens (including phenoxy) is 1. The van der Waals surface area contributed by atoms with Crippen LogP contribution in [-0.2, 0) is 14.3 Å². The number of rotatable bonds is 6. The fourth-order valence-electron chi connectivity index (χ4n) is 3.71. The molecule has 1 saturated heterocycles. The Bertz CT molecular complexity index is 385. The Hall–Kier alpha value is -1.10. The van der Waals surface area contributed by atoms with Gasteiger partial charge in [-0.25, -0.2) is 0 Å². The van der Waals surface area contributed by atoms with Crippen molar-refractivity contribution >= 4 is 11.9 Å². The Balaban J connectivity index is 1.81. The molecule has 22 heavy (non-hydrogen) atoms. The maximum Gasteiger partial charge on any atom is 0.303 e. The summed E-state index contributed by atoms with van der Waals surface area (Å²) in [6.45, 7) is 3.09. The van der Waals surface area contributed by atoms with Crippen LogP contribution in [0.4, 0.5) is 0 Å². The molecule has 5 nitrogen and oxygen atoms in total. The Morgan fingerprint density at radius 2 is 1.86 bits per heavy atom. The van der Waals surface area contributed by atoms with Crippen LogP contribution < -0.4 is 0 Å². The molecule has 1 amide bonds. The SMILES string of the molecule is CC1CCCCC1OCC(=O)N1CCCCC1CCC(=O)O. The van der Waals surface area contributed by atoms with E-state index >= 15 is 0 Å². The van der Waals surface area contributed by atoms with Gasteiger partial charge in [-0.1, -0.05) is 19.8 Å². The first kappa shape index (κ1) is 17.3. The molecule has 2 fully saturated rings. The predicted molar refractivity (Wildman–Crippen MR) is 83.6 cm³/mol. The largest absolute Gasteiger partial charge is 0.481 e. The highest BCUT2D eigenvalue weighted by Gasteiger charge is 2.28. The molecule has 1 saturated carbocycles. The maximum atomic E-state index is 12.5. The first-order valence-corrected chi connectivity index (χ1v) is 8.71. The van der Waals surface area contributed by atoms with E-state index in [1.165, 1.54) is 19.3 Å². The van der Waals surface area contributed by atoms with Crippen LogP contribution in [0.15, 0.2) is 0 Å². The number of hydrogen-bond donors (Lipinski definition) is 1. The van der Waals surface area contributed by atoms with Crippen molar-refractivity contribution in [2.24, 2.45) is 5.92 Å². The van der Waals surface area contributed by atoms with E-state index < -0.39 is 5.97 Å². The zero-order valence-corrected chi connectivity index (χ0v) is 13.6. The maximum absolute atomic E-state index is 12.5. The van der Waals surface area contributed by atoms with E-state index in [0.717, 1.165) is 32.2 Å². The Morgan fingerprint density at radius 1 is 1.14 bits per heavy atom. The van der Waals surface area contributed by atoms with Crippen molar-refractivity contribution in [1.29, 1.82) is 0 Å². The summed E-state index contributed by atoms with van der Waals surface area (Å²) in [5.74, 6) is -0.219. The van der Waals surface area contributed by atoms with Crippen molar-refractivity contribution in [1.82, 2.24) is 4.90 Å². The Kier molecular flexibility index (Phi) is 6.68. The van der Waals surface area contributed by atoms with Gasteiger partial charge < -0.3 is 14.7 Å². The highest BCUT2D eigenvalue weighted by molar-refractivity contribution is 5.78. The smallest absolute Gasteiger partial charge is 0.303 e. The summed E-state index contributed by atoms with van der Waals surface area (Å²) >= 11 is 0. The summed E-state index contributed by atoms with van der Waals surface area (Å²) in [5.41, 5.74) is 0. The molecule has 3 atom stereocenters. The number of carbonyl (C=O) groups is 2. The molecule has 1 aliphatic carbocycles. The summed E-state index contributed by atoms with van der Waals surface area (Å²) in [5, 5.41) is 8.84. The molecule has 0 aromatic rings. The van der Waals surface area contributed by atoms with Gasteiger partial charge in [0.15, 0.2) is 0 Å². The fourth-order valence-corrected chi connectivity index (χ4v) is 3.71. The van der Waals surface area contributed by atoms with E-state index in [4.69, 9.17) is 9.84 Å². The Labute approximate surface area is 133 Å². The average Bonchev–Trinajstić information content (AvgIpc) is 2.52. The minimum Gasteiger partial charge on any atom is -0.481 e. The van der Waals surface area contributed by atoms with Gasteiger partial charge in [0.1, 0.15) is 6.61 Å². The van der Waals surface area contributed by atoms with Crippen LogP contribution in [0.1, 0.15) is 64.7 Å². The number of amides is 1. The predicted octanol–water partition coefficient (Wildman–Crippen LogP) is 2.83. The summed E-state index contributed by atoms with van der Waals surface area (Å²) in [6, 6.07) is 0.0738. The monoisotopic (exact) mass is 311 g/mol. The third-order valence-electron chi connectivity index (χ3n) is 5.09. The van der Waals surface area contributed by atoms with Crippen LogP contribution >= 0.6 is 0 Å². The zero-order valence-electron chi connectivity index (χ0n) is 13.6. The number of carboxylic acid groups (broad SMARTS) is 1. The normalized spacial score (nSPS) is 29.3. The van der Waals surface area contributed by atoms with Crippen LogP contribution in [0.5, 0.6) is 0 Å². The number of aliphatic carboxylic acids is 1. The topological polar surface area (TPSA) is 66.8 Å². The van der Waals surface area contributed by atoms with E-state index in [2.05, 4.69) is 6.92 Å². The number of nitrogens with zero attached hydrogens (tertiary/aromatic N) is 1. The van der Waals surface area contributed by atoms with Crippen molar-refractivity contribution in [3.63, 3.8) is 0 Å². The number of carbonyl (C=O) groups excluding carboxylic acids is 1. The number of carboxylic acids is 1. The van der Waals surface area contributed by atoms with Crippen molar-refractivity contribution in [3.05, 3.63) is 0 Å². The van der Waals surface area contributed by atoms with Crippen molar-refractivity contribution in [2.75, 3.05) is 13.2 Å². The highest BCUT2D eigenvalue weighted by atomic mass is 16.5. The van der Waals surface area contributed by atoms with E-state index in [1.807, 2.05) is 4.90 Å². The van der Waals surface area contributed by atoms with Crippen molar-refractivity contribution in [2.45, 2.75) is 76.9 Å². The molecule has 2 aliphatic rings. The number of hydrogen-bond acceptors (Lipinski definition) is 3. The molecular weight excluding hydrogens is 282 g/mol. The van der Waals surface area contributed by atoms with Crippen LogP contribution in [0, 0.1) is 5.92 Å². The van der Waals surface area contributed by atoms with E-state index in [-0.39, 0.29) is 31.1 Å². The van der Waals surface area contributed by atoms with Gasteiger partial charge in [0.25, 0.3) is 0 Å². The first-order valence-electron chi connectivity index (χ1n) is 8.71.